The van der Waals surface area contributed by atoms with Gasteiger partial charge in [0.25, 0.3) is 0 Å². The van der Waals surface area contributed by atoms with Gasteiger partial charge in [-0.1, -0.05) is 65.7 Å². The smallest absolute Gasteiger partial charge is 0.188 e. The number of halogens is 2. The van der Waals surface area contributed by atoms with Gasteiger partial charge in [0.15, 0.2) is 5.52 Å². The van der Waals surface area contributed by atoms with E-state index in [4.69, 9.17) is 32.7 Å². The monoisotopic (exact) mass is 473 g/mol. The van der Waals surface area contributed by atoms with Crippen LogP contribution in [0.5, 0.6) is 23.0 Å². The van der Waals surface area contributed by atoms with E-state index in [1.54, 1.807) is 24.3 Å². The molecule has 4 aromatic carbocycles. The molecule has 0 heterocycles. The molecule has 0 spiro atoms. The van der Waals surface area contributed by atoms with Crippen molar-refractivity contribution in [3.8, 4) is 23.0 Å². The maximum Gasteiger partial charge on any atom is 0.188 e. The Kier molecular flexibility index (Phi) is 8.82. The fourth-order valence-corrected chi connectivity index (χ4v) is 4.67. The topological polar surface area (TPSA) is 35.5 Å². The van der Waals surface area contributed by atoms with Crippen molar-refractivity contribution in [2.24, 2.45) is 0 Å². The summed E-state index contributed by atoms with van der Waals surface area (Å²) >= 11 is 12.4. The Morgan fingerprint density at radius 1 is 0.656 bits per heavy atom. The molecule has 0 aromatic heterocycles. The van der Waals surface area contributed by atoms with Crippen LogP contribution in [0.3, 0.4) is 0 Å². The minimum atomic E-state index is -0.225. The summed E-state index contributed by atoms with van der Waals surface area (Å²) < 4.78 is 12.0. The molecule has 0 aliphatic rings. The quantitative estimate of drug-likeness (QED) is 0.208. The average molecular weight is 474 g/mol. The molecule has 0 aliphatic heterocycles. The molecule has 0 saturated carbocycles. The molecule has 0 amide bonds. The zero-order valence-corrected chi connectivity index (χ0v) is 19.7. The number of rotatable bonds is 7. The van der Waals surface area contributed by atoms with Crippen LogP contribution in [0.1, 0.15) is 10.4 Å². The van der Waals surface area contributed by atoms with E-state index >= 15 is 0 Å². The molecule has 0 N–H and O–H groups in total. The molecule has 0 saturated heterocycles. The van der Waals surface area contributed by atoms with E-state index in [1.807, 2.05) is 72.8 Å². The summed E-state index contributed by atoms with van der Waals surface area (Å²) in [5.41, 5.74) is 0.157. The van der Waals surface area contributed by atoms with Crippen LogP contribution in [0, 0.1) is 0 Å². The number of carbonyl (C=O) groups excluding carboxylic acids is 1. The Morgan fingerprint density at radius 3 is 1.81 bits per heavy atom. The number of benzene rings is 4. The Bertz CT molecular complexity index is 1180. The van der Waals surface area contributed by atoms with Gasteiger partial charge >= 0.3 is 0 Å². The second kappa shape index (κ2) is 11.6. The first kappa shape index (κ1) is 24.4. The third-order valence-corrected chi connectivity index (χ3v) is 6.13. The van der Waals surface area contributed by atoms with Gasteiger partial charge in [0.2, 0.25) is 0 Å². The van der Waals surface area contributed by atoms with Gasteiger partial charge in [-0.05, 0) is 57.1 Å². The Morgan fingerprint density at radius 2 is 1.22 bits per heavy atom. The normalized spacial score (nSPS) is 10.6. The molecule has 7 heteroatoms. The Hall–Kier alpha value is -2.24. The fraction of sp³-hybridized carbons (Fsp3) is 0. The molecule has 32 heavy (non-hydrogen) atoms. The van der Waals surface area contributed by atoms with E-state index in [-0.39, 0.29) is 33.0 Å². The van der Waals surface area contributed by atoms with Gasteiger partial charge in [-0.25, -0.2) is 0 Å². The van der Waals surface area contributed by atoms with E-state index in [1.165, 1.54) is 0 Å². The summed E-state index contributed by atoms with van der Waals surface area (Å²) in [5, 5.41) is 1.39. The minimum Gasteiger partial charge on any atom is -0.457 e. The van der Waals surface area contributed by atoms with Crippen LogP contribution in [-0.4, -0.2) is 24.4 Å². The second-order valence-corrected chi connectivity index (χ2v) is 8.60. The molecule has 0 fully saturated rings. The number of carbonyl (C=O) groups is 1. The molecule has 0 bridgehead atoms. The van der Waals surface area contributed by atoms with Gasteiger partial charge < -0.3 is 9.47 Å². The maximum absolute atomic E-state index is 13.0. The van der Waals surface area contributed by atoms with Gasteiger partial charge in [-0.2, -0.15) is 0 Å². The van der Waals surface area contributed by atoms with Crippen LogP contribution in [-0.2, 0) is 0 Å². The minimum absolute atomic E-state index is 0. The van der Waals surface area contributed by atoms with Crippen molar-refractivity contribution in [1.29, 1.82) is 0 Å². The molecule has 3 nitrogen and oxygen atoms in total. The van der Waals surface area contributed by atoms with Crippen LogP contribution in [0.4, 0.5) is 0 Å². The summed E-state index contributed by atoms with van der Waals surface area (Å²) in [6, 6.07) is 29.3. The summed E-state index contributed by atoms with van der Waals surface area (Å²) in [7, 11) is -0.225. The van der Waals surface area contributed by atoms with Crippen molar-refractivity contribution in [3.05, 3.63) is 113 Å². The van der Waals surface area contributed by atoms with Gasteiger partial charge in [-0.3, -0.25) is 4.79 Å². The van der Waals surface area contributed by atoms with E-state index in [9.17, 15) is 4.79 Å². The molecule has 0 aliphatic carbocycles. The predicted octanol–water partition coefficient (Wildman–Crippen LogP) is 7.34. The molecule has 1 unspecified atom stereocenters. The standard InChI is InChI=1S/C25H17Cl2O3P.Li/c26-20-12-7-13-21(27)24(20)25(28)31-23-15-14-19(29-17-8-3-1-4-9-17)16-22(23)30-18-10-5-2-6-11-18;/h1-16,31H;. The largest absolute Gasteiger partial charge is 0.457 e. The van der Waals surface area contributed by atoms with Crippen molar-refractivity contribution >= 4 is 61.5 Å². The third kappa shape index (κ3) is 6.17. The number of ether oxygens (including phenoxy) is 2. The first-order chi connectivity index (χ1) is 15.1. The number of hydrogen-bond donors (Lipinski definition) is 0. The van der Waals surface area contributed by atoms with Gasteiger partial charge in [0.1, 0.15) is 23.0 Å². The molecular weight excluding hydrogens is 457 g/mol. The summed E-state index contributed by atoms with van der Waals surface area (Å²) in [5.74, 6) is 2.51. The average Bonchev–Trinajstić information content (AvgIpc) is 2.77. The fourth-order valence-electron chi connectivity index (χ4n) is 2.89. The predicted molar refractivity (Wildman–Crippen MR) is 134 cm³/mol. The van der Waals surface area contributed by atoms with Crippen molar-refractivity contribution in [2.75, 3.05) is 0 Å². The maximum atomic E-state index is 13.0. The third-order valence-electron chi connectivity index (χ3n) is 4.34. The van der Waals surface area contributed by atoms with Gasteiger partial charge in [0.05, 0.1) is 15.6 Å². The van der Waals surface area contributed by atoms with Gasteiger partial charge in [-0.15, -0.1) is 0 Å². The van der Waals surface area contributed by atoms with Crippen LogP contribution < -0.4 is 14.8 Å². The molecule has 155 valence electrons. The van der Waals surface area contributed by atoms with Crippen LogP contribution in [0.15, 0.2) is 97.1 Å². The zero-order chi connectivity index (χ0) is 21.6. The zero-order valence-electron chi connectivity index (χ0n) is 17.2. The van der Waals surface area contributed by atoms with E-state index in [0.717, 1.165) is 5.30 Å². The Labute approximate surface area is 210 Å². The van der Waals surface area contributed by atoms with Crippen molar-refractivity contribution < 1.29 is 14.3 Å². The van der Waals surface area contributed by atoms with Crippen LogP contribution in [0.25, 0.3) is 0 Å². The van der Waals surface area contributed by atoms with E-state index in [2.05, 4.69) is 0 Å². The molecule has 1 atom stereocenters. The Balaban J connectivity index is 0.00000289. The molecule has 1 radical (unpaired) electrons. The van der Waals surface area contributed by atoms with E-state index in [0.29, 0.717) is 38.6 Å². The van der Waals surface area contributed by atoms with Crippen molar-refractivity contribution in [1.82, 2.24) is 0 Å². The van der Waals surface area contributed by atoms with Gasteiger partial charge in [0, 0.05) is 30.2 Å². The molecule has 4 rings (SSSR count). The summed E-state index contributed by atoms with van der Waals surface area (Å²) in [4.78, 5) is 13.0. The van der Waals surface area contributed by atoms with E-state index < -0.39 is 0 Å². The van der Waals surface area contributed by atoms with Crippen molar-refractivity contribution in [3.63, 3.8) is 0 Å². The second-order valence-electron chi connectivity index (χ2n) is 6.54. The molecule has 4 aromatic rings. The summed E-state index contributed by atoms with van der Waals surface area (Å²) in [6.07, 6.45) is 0. The number of para-hydroxylation sites is 2. The van der Waals surface area contributed by atoms with Crippen LogP contribution in [0.2, 0.25) is 10.0 Å². The van der Waals surface area contributed by atoms with Crippen LogP contribution >= 0.6 is 31.8 Å². The summed E-state index contributed by atoms with van der Waals surface area (Å²) in [6.45, 7) is 0. The number of hydrogen-bond acceptors (Lipinski definition) is 3. The molecular formula is C25H17Cl2LiO3P. The first-order valence-corrected chi connectivity index (χ1v) is 11.2. The first-order valence-electron chi connectivity index (χ1n) is 9.45. The SMILES string of the molecule is O=C(Pc1ccc(Oc2ccccc2)cc1Oc1ccccc1)c1c(Cl)cccc1Cl.[Li]. The van der Waals surface area contributed by atoms with Crippen molar-refractivity contribution in [2.45, 2.75) is 0 Å².